The average Bonchev–Trinajstić information content (AvgIpc) is 3.26. The quantitative estimate of drug-likeness (QED) is 0.803. The van der Waals surface area contributed by atoms with Gasteiger partial charge in [-0.05, 0) is 43.7 Å². The summed E-state index contributed by atoms with van der Waals surface area (Å²) in [6.07, 6.45) is 3.03. The first-order chi connectivity index (χ1) is 11.7. The maximum Gasteiger partial charge on any atom is 0.275 e. The molecular weight excluding hydrogens is 326 g/mol. The Morgan fingerprint density at radius 2 is 2.25 bits per heavy atom. The SMILES string of the molecule is NCCc1nc(C(=O)Nc2ccc(OCC3CCCO3)cc2)cs1. The topological polar surface area (TPSA) is 86.5 Å². The van der Waals surface area contributed by atoms with Crippen LogP contribution in [-0.2, 0) is 11.2 Å². The number of hydrogen-bond acceptors (Lipinski definition) is 6. The van der Waals surface area contributed by atoms with Crippen LogP contribution < -0.4 is 15.8 Å². The van der Waals surface area contributed by atoms with E-state index in [4.69, 9.17) is 15.2 Å². The predicted molar refractivity (Wildman–Crippen MR) is 93.7 cm³/mol. The van der Waals surface area contributed by atoms with Crippen molar-refractivity contribution in [1.29, 1.82) is 0 Å². The number of ether oxygens (including phenoxy) is 2. The van der Waals surface area contributed by atoms with Crippen LogP contribution in [0, 0.1) is 0 Å². The van der Waals surface area contributed by atoms with E-state index in [0.717, 1.165) is 30.2 Å². The summed E-state index contributed by atoms with van der Waals surface area (Å²) in [6.45, 7) is 1.92. The van der Waals surface area contributed by atoms with Gasteiger partial charge in [0.15, 0.2) is 0 Å². The van der Waals surface area contributed by atoms with Crippen LogP contribution in [0.4, 0.5) is 5.69 Å². The molecule has 1 aromatic heterocycles. The molecule has 1 aliphatic rings. The molecule has 24 heavy (non-hydrogen) atoms. The van der Waals surface area contributed by atoms with Crippen LogP contribution in [0.15, 0.2) is 29.6 Å². The van der Waals surface area contributed by atoms with Crippen molar-refractivity contribution in [2.24, 2.45) is 5.73 Å². The second-order valence-electron chi connectivity index (χ2n) is 5.59. The van der Waals surface area contributed by atoms with E-state index >= 15 is 0 Å². The number of amides is 1. The zero-order valence-electron chi connectivity index (χ0n) is 13.4. The number of benzene rings is 1. The lowest BCUT2D eigenvalue weighted by molar-refractivity contribution is 0.0679. The molecule has 1 atom stereocenters. The van der Waals surface area contributed by atoms with Gasteiger partial charge in [0.2, 0.25) is 0 Å². The highest BCUT2D eigenvalue weighted by Gasteiger charge is 2.16. The highest BCUT2D eigenvalue weighted by Crippen LogP contribution is 2.19. The van der Waals surface area contributed by atoms with Crippen molar-refractivity contribution >= 4 is 22.9 Å². The Hall–Kier alpha value is -1.96. The van der Waals surface area contributed by atoms with Crippen molar-refractivity contribution in [2.45, 2.75) is 25.4 Å². The van der Waals surface area contributed by atoms with Crippen LogP contribution in [0.25, 0.3) is 0 Å². The van der Waals surface area contributed by atoms with E-state index in [1.165, 1.54) is 11.3 Å². The minimum atomic E-state index is -0.220. The third-order valence-corrected chi connectivity index (χ3v) is 4.62. The standard InChI is InChI=1S/C17H21N3O3S/c18-8-7-16-20-15(11-24-16)17(21)19-12-3-5-13(6-4-12)23-10-14-2-1-9-22-14/h3-6,11,14H,1-2,7-10,18H2,(H,19,21). The van der Waals surface area contributed by atoms with E-state index in [-0.39, 0.29) is 12.0 Å². The summed E-state index contributed by atoms with van der Waals surface area (Å²) in [5.74, 6) is 0.546. The van der Waals surface area contributed by atoms with Crippen LogP contribution in [-0.4, -0.2) is 36.8 Å². The van der Waals surface area contributed by atoms with Crippen molar-refractivity contribution in [3.63, 3.8) is 0 Å². The third-order valence-electron chi connectivity index (χ3n) is 3.71. The monoisotopic (exact) mass is 347 g/mol. The fourth-order valence-electron chi connectivity index (χ4n) is 2.45. The molecule has 3 N–H and O–H groups in total. The highest BCUT2D eigenvalue weighted by atomic mass is 32.1. The molecule has 2 aromatic rings. The molecule has 1 fully saturated rings. The third kappa shape index (κ3) is 4.53. The first-order valence-corrected chi connectivity index (χ1v) is 8.93. The molecule has 128 valence electrons. The summed E-state index contributed by atoms with van der Waals surface area (Å²) in [5, 5.41) is 5.46. The molecule has 1 unspecified atom stereocenters. The Morgan fingerprint density at radius 3 is 2.96 bits per heavy atom. The second kappa shape index (κ2) is 8.23. The first-order valence-electron chi connectivity index (χ1n) is 8.05. The Labute approximate surface area is 145 Å². The van der Waals surface area contributed by atoms with Crippen LogP contribution in [0.3, 0.4) is 0 Å². The van der Waals surface area contributed by atoms with Crippen molar-refractivity contribution in [1.82, 2.24) is 4.98 Å². The number of nitrogens with zero attached hydrogens (tertiary/aromatic N) is 1. The first kappa shape index (κ1) is 16.9. The molecule has 0 bridgehead atoms. The van der Waals surface area contributed by atoms with Gasteiger partial charge in [-0.25, -0.2) is 4.98 Å². The van der Waals surface area contributed by atoms with E-state index < -0.39 is 0 Å². The molecule has 1 aromatic carbocycles. The van der Waals surface area contributed by atoms with E-state index in [1.807, 2.05) is 24.3 Å². The number of aromatic nitrogens is 1. The van der Waals surface area contributed by atoms with Crippen molar-refractivity contribution in [2.75, 3.05) is 25.1 Å². The predicted octanol–water partition coefficient (Wildman–Crippen LogP) is 2.45. The second-order valence-corrected chi connectivity index (χ2v) is 6.53. The number of thiazole rings is 1. The molecule has 1 aliphatic heterocycles. The number of anilines is 1. The summed E-state index contributed by atoms with van der Waals surface area (Å²) >= 11 is 1.45. The molecule has 7 heteroatoms. The number of nitrogens with one attached hydrogen (secondary N) is 1. The molecule has 1 amide bonds. The van der Waals surface area contributed by atoms with Gasteiger partial charge in [0.05, 0.1) is 11.1 Å². The molecule has 3 rings (SSSR count). The number of nitrogens with two attached hydrogens (primary N) is 1. The minimum Gasteiger partial charge on any atom is -0.491 e. The number of carbonyl (C=O) groups is 1. The van der Waals surface area contributed by atoms with Crippen LogP contribution >= 0.6 is 11.3 Å². The summed E-state index contributed by atoms with van der Waals surface area (Å²) in [7, 11) is 0. The number of rotatable bonds is 7. The van der Waals surface area contributed by atoms with E-state index in [1.54, 1.807) is 5.38 Å². The summed E-state index contributed by atoms with van der Waals surface area (Å²) in [5.41, 5.74) is 6.62. The number of hydrogen-bond donors (Lipinski definition) is 2. The largest absolute Gasteiger partial charge is 0.491 e. The maximum absolute atomic E-state index is 12.2. The van der Waals surface area contributed by atoms with Crippen LogP contribution in [0.1, 0.15) is 28.3 Å². The average molecular weight is 347 g/mol. The lowest BCUT2D eigenvalue weighted by atomic mass is 10.2. The fourth-order valence-corrected chi connectivity index (χ4v) is 3.24. The molecule has 1 saturated heterocycles. The number of carbonyl (C=O) groups excluding carboxylic acids is 1. The van der Waals surface area contributed by atoms with Crippen molar-refractivity contribution in [3.8, 4) is 5.75 Å². The zero-order chi connectivity index (χ0) is 16.8. The van der Waals surface area contributed by atoms with Gasteiger partial charge in [-0.15, -0.1) is 11.3 Å². The van der Waals surface area contributed by atoms with E-state index in [2.05, 4.69) is 10.3 Å². The fraction of sp³-hybridized carbons (Fsp3) is 0.412. The van der Waals surface area contributed by atoms with Gasteiger partial charge >= 0.3 is 0 Å². The Bertz CT molecular complexity index is 666. The maximum atomic E-state index is 12.2. The molecule has 0 spiro atoms. The summed E-state index contributed by atoms with van der Waals surface area (Å²) in [4.78, 5) is 16.4. The van der Waals surface area contributed by atoms with Gasteiger partial charge in [0, 0.05) is 24.1 Å². The van der Waals surface area contributed by atoms with Crippen LogP contribution in [0.2, 0.25) is 0 Å². The van der Waals surface area contributed by atoms with Crippen LogP contribution in [0.5, 0.6) is 5.75 Å². The Morgan fingerprint density at radius 1 is 1.42 bits per heavy atom. The lowest BCUT2D eigenvalue weighted by Gasteiger charge is -2.11. The normalized spacial score (nSPS) is 17.0. The van der Waals surface area contributed by atoms with E-state index in [9.17, 15) is 4.79 Å². The van der Waals surface area contributed by atoms with Gasteiger partial charge in [0.1, 0.15) is 18.1 Å². The summed E-state index contributed by atoms with van der Waals surface area (Å²) < 4.78 is 11.2. The molecule has 0 saturated carbocycles. The molecule has 2 heterocycles. The van der Waals surface area contributed by atoms with Gasteiger partial charge in [-0.1, -0.05) is 0 Å². The highest BCUT2D eigenvalue weighted by molar-refractivity contribution is 7.09. The molecule has 0 aliphatic carbocycles. The van der Waals surface area contributed by atoms with Gasteiger partial charge in [0.25, 0.3) is 5.91 Å². The zero-order valence-corrected chi connectivity index (χ0v) is 14.2. The molecule has 0 radical (unpaired) electrons. The summed E-state index contributed by atoms with van der Waals surface area (Å²) in [6, 6.07) is 7.31. The Kier molecular flexibility index (Phi) is 5.79. The van der Waals surface area contributed by atoms with Crippen molar-refractivity contribution in [3.05, 3.63) is 40.3 Å². The van der Waals surface area contributed by atoms with Crippen molar-refractivity contribution < 1.29 is 14.3 Å². The van der Waals surface area contributed by atoms with Gasteiger partial charge in [-0.2, -0.15) is 0 Å². The van der Waals surface area contributed by atoms with Gasteiger partial charge < -0.3 is 20.5 Å². The Balaban J connectivity index is 1.51. The molecule has 6 nitrogen and oxygen atoms in total. The molecular formula is C17H21N3O3S. The van der Waals surface area contributed by atoms with E-state index in [0.29, 0.717) is 31.0 Å². The lowest BCUT2D eigenvalue weighted by Crippen LogP contribution is -2.16. The smallest absolute Gasteiger partial charge is 0.275 e. The van der Waals surface area contributed by atoms with Gasteiger partial charge in [-0.3, -0.25) is 4.79 Å². The minimum absolute atomic E-state index is 0.191.